The summed E-state index contributed by atoms with van der Waals surface area (Å²) < 4.78 is 2.33. The molecule has 0 radical (unpaired) electrons. The van der Waals surface area contributed by atoms with Crippen LogP contribution in [0.2, 0.25) is 0 Å². The SMILES string of the molecule is CCNCCCNc1ncc(C)c2c1c1ccc3ccccc3c1n2C. The van der Waals surface area contributed by atoms with E-state index in [1.54, 1.807) is 0 Å². The van der Waals surface area contributed by atoms with Gasteiger partial charge in [-0.1, -0.05) is 43.3 Å². The summed E-state index contributed by atoms with van der Waals surface area (Å²) in [5, 5.41) is 12.0. The summed E-state index contributed by atoms with van der Waals surface area (Å²) in [5.41, 5.74) is 3.76. The van der Waals surface area contributed by atoms with Gasteiger partial charge in [-0.05, 0) is 37.4 Å². The van der Waals surface area contributed by atoms with E-state index in [9.17, 15) is 0 Å². The lowest BCUT2D eigenvalue weighted by Crippen LogP contribution is -2.17. The number of nitrogens with one attached hydrogen (secondary N) is 2. The standard InChI is InChI=1S/C22H26N4/c1-4-23-12-7-13-24-22-19-18-11-10-16-8-5-6-9-17(16)21(18)26(3)20(19)15(2)14-25-22/h5-6,8-11,14,23H,4,7,12-13H2,1-3H3,(H,24,25). The summed E-state index contributed by atoms with van der Waals surface area (Å²) in [6.07, 6.45) is 3.06. The first-order valence-electron chi connectivity index (χ1n) is 9.42. The number of hydrogen-bond donors (Lipinski definition) is 2. The van der Waals surface area contributed by atoms with Gasteiger partial charge in [-0.2, -0.15) is 0 Å². The maximum absolute atomic E-state index is 4.72. The van der Waals surface area contributed by atoms with Crippen LogP contribution < -0.4 is 10.6 Å². The number of aryl methyl sites for hydroxylation is 2. The summed E-state index contributed by atoms with van der Waals surface area (Å²) in [5.74, 6) is 0.989. The molecule has 2 aromatic heterocycles. The molecule has 0 aliphatic rings. The van der Waals surface area contributed by atoms with E-state index < -0.39 is 0 Å². The van der Waals surface area contributed by atoms with E-state index in [0.29, 0.717) is 0 Å². The molecule has 4 heteroatoms. The molecule has 0 spiro atoms. The lowest BCUT2D eigenvalue weighted by atomic mass is 10.1. The number of nitrogens with zero attached hydrogens (tertiary/aromatic N) is 2. The first-order valence-corrected chi connectivity index (χ1v) is 9.42. The molecule has 0 saturated heterocycles. The van der Waals surface area contributed by atoms with Gasteiger partial charge < -0.3 is 15.2 Å². The van der Waals surface area contributed by atoms with Crippen LogP contribution in [0.4, 0.5) is 5.82 Å². The van der Waals surface area contributed by atoms with Crippen LogP contribution >= 0.6 is 0 Å². The summed E-state index contributed by atoms with van der Waals surface area (Å²) in [6.45, 7) is 7.24. The van der Waals surface area contributed by atoms with Gasteiger partial charge in [0, 0.05) is 30.6 Å². The van der Waals surface area contributed by atoms with Crippen LogP contribution in [0.25, 0.3) is 32.6 Å². The Morgan fingerprint density at radius 1 is 1.00 bits per heavy atom. The molecule has 4 nitrogen and oxygen atoms in total. The average molecular weight is 346 g/mol. The number of fused-ring (bicyclic) bond motifs is 5. The maximum atomic E-state index is 4.72. The summed E-state index contributed by atoms with van der Waals surface area (Å²) in [6, 6.07) is 13.1. The quantitative estimate of drug-likeness (QED) is 0.501. The smallest absolute Gasteiger partial charge is 0.136 e. The van der Waals surface area contributed by atoms with Crippen molar-refractivity contribution in [3.05, 3.63) is 48.2 Å². The molecule has 2 N–H and O–H groups in total. The van der Waals surface area contributed by atoms with Crippen LogP contribution in [0.3, 0.4) is 0 Å². The van der Waals surface area contributed by atoms with Gasteiger partial charge in [0.1, 0.15) is 5.82 Å². The molecule has 4 rings (SSSR count). The predicted molar refractivity (Wildman–Crippen MR) is 112 cm³/mol. The van der Waals surface area contributed by atoms with Crippen molar-refractivity contribution in [1.29, 1.82) is 0 Å². The van der Waals surface area contributed by atoms with Gasteiger partial charge in [-0.15, -0.1) is 0 Å². The Morgan fingerprint density at radius 3 is 2.69 bits per heavy atom. The van der Waals surface area contributed by atoms with E-state index in [2.05, 4.69) is 72.5 Å². The van der Waals surface area contributed by atoms with Gasteiger partial charge in [0.25, 0.3) is 0 Å². The zero-order chi connectivity index (χ0) is 18.1. The minimum atomic E-state index is 0.919. The Labute approximate surface area is 154 Å². The number of benzene rings is 2. The Morgan fingerprint density at radius 2 is 1.85 bits per heavy atom. The Kier molecular flexibility index (Phi) is 4.51. The topological polar surface area (TPSA) is 41.9 Å². The van der Waals surface area contributed by atoms with Gasteiger partial charge in [-0.3, -0.25) is 0 Å². The Bertz CT molecular complexity index is 1080. The molecule has 2 heterocycles. The van der Waals surface area contributed by atoms with Gasteiger partial charge in [0.2, 0.25) is 0 Å². The third-order valence-electron chi connectivity index (χ3n) is 5.15. The maximum Gasteiger partial charge on any atom is 0.136 e. The first kappa shape index (κ1) is 16.9. The zero-order valence-electron chi connectivity index (χ0n) is 15.8. The molecule has 0 aliphatic heterocycles. The fourth-order valence-electron chi connectivity index (χ4n) is 3.94. The monoisotopic (exact) mass is 346 g/mol. The average Bonchev–Trinajstić information content (AvgIpc) is 2.97. The number of aromatic nitrogens is 2. The highest BCUT2D eigenvalue weighted by Gasteiger charge is 2.16. The summed E-state index contributed by atoms with van der Waals surface area (Å²) in [7, 11) is 2.17. The molecular formula is C22H26N4. The van der Waals surface area contributed by atoms with E-state index in [1.807, 2.05) is 6.20 Å². The Balaban J connectivity index is 1.88. The van der Waals surface area contributed by atoms with Crippen LogP contribution in [-0.2, 0) is 7.05 Å². The molecule has 0 amide bonds. The fraction of sp³-hybridized carbons (Fsp3) is 0.318. The second-order valence-corrected chi connectivity index (χ2v) is 6.89. The van der Waals surface area contributed by atoms with E-state index in [0.717, 1.165) is 31.9 Å². The van der Waals surface area contributed by atoms with Crippen LogP contribution in [0.5, 0.6) is 0 Å². The Hall–Kier alpha value is -2.59. The van der Waals surface area contributed by atoms with Crippen molar-refractivity contribution in [2.75, 3.05) is 25.0 Å². The number of pyridine rings is 1. The number of anilines is 1. The van der Waals surface area contributed by atoms with Crippen LogP contribution in [0.15, 0.2) is 42.6 Å². The van der Waals surface area contributed by atoms with E-state index in [4.69, 9.17) is 4.98 Å². The molecule has 0 bridgehead atoms. The van der Waals surface area contributed by atoms with Crippen molar-refractivity contribution < 1.29 is 0 Å². The molecule has 134 valence electrons. The van der Waals surface area contributed by atoms with Gasteiger partial charge in [0.05, 0.1) is 16.4 Å². The molecule has 0 atom stereocenters. The third kappa shape index (κ3) is 2.71. The van der Waals surface area contributed by atoms with Gasteiger partial charge in [-0.25, -0.2) is 4.98 Å². The molecular weight excluding hydrogens is 320 g/mol. The third-order valence-corrected chi connectivity index (χ3v) is 5.15. The van der Waals surface area contributed by atoms with Gasteiger partial charge in [0.15, 0.2) is 0 Å². The van der Waals surface area contributed by atoms with Crippen molar-refractivity contribution in [3.63, 3.8) is 0 Å². The van der Waals surface area contributed by atoms with Gasteiger partial charge >= 0.3 is 0 Å². The van der Waals surface area contributed by atoms with E-state index in [1.165, 1.54) is 38.1 Å². The van der Waals surface area contributed by atoms with E-state index in [-0.39, 0.29) is 0 Å². The highest BCUT2D eigenvalue weighted by atomic mass is 15.0. The lowest BCUT2D eigenvalue weighted by Gasteiger charge is -2.09. The fourth-order valence-corrected chi connectivity index (χ4v) is 3.94. The van der Waals surface area contributed by atoms with Crippen LogP contribution in [0.1, 0.15) is 18.9 Å². The second-order valence-electron chi connectivity index (χ2n) is 6.89. The lowest BCUT2D eigenvalue weighted by molar-refractivity contribution is 0.688. The van der Waals surface area contributed by atoms with Crippen LogP contribution in [0, 0.1) is 6.92 Å². The molecule has 4 aromatic rings. The summed E-state index contributed by atoms with van der Waals surface area (Å²) >= 11 is 0. The largest absolute Gasteiger partial charge is 0.369 e. The van der Waals surface area contributed by atoms with Crippen molar-refractivity contribution in [3.8, 4) is 0 Å². The van der Waals surface area contributed by atoms with Crippen LogP contribution in [-0.4, -0.2) is 29.2 Å². The normalized spacial score (nSPS) is 11.7. The van der Waals surface area contributed by atoms with E-state index >= 15 is 0 Å². The highest BCUT2D eigenvalue weighted by Crippen LogP contribution is 2.37. The molecule has 2 aromatic carbocycles. The first-order chi connectivity index (χ1) is 12.7. The van der Waals surface area contributed by atoms with Crippen molar-refractivity contribution in [2.24, 2.45) is 7.05 Å². The highest BCUT2D eigenvalue weighted by molar-refractivity contribution is 6.21. The van der Waals surface area contributed by atoms with Crippen molar-refractivity contribution >= 4 is 38.4 Å². The molecule has 26 heavy (non-hydrogen) atoms. The van der Waals surface area contributed by atoms with Crippen molar-refractivity contribution in [1.82, 2.24) is 14.9 Å². The van der Waals surface area contributed by atoms with Crippen molar-refractivity contribution in [2.45, 2.75) is 20.3 Å². The molecule has 0 aliphatic carbocycles. The minimum absolute atomic E-state index is 0.919. The summed E-state index contributed by atoms with van der Waals surface area (Å²) in [4.78, 5) is 4.72. The predicted octanol–water partition coefficient (Wildman–Crippen LogP) is 4.60. The minimum Gasteiger partial charge on any atom is -0.369 e. The number of rotatable bonds is 6. The second kappa shape index (κ2) is 6.96. The zero-order valence-corrected chi connectivity index (χ0v) is 15.8. The molecule has 0 fully saturated rings. The molecule has 0 unspecified atom stereocenters. The molecule has 0 saturated carbocycles. The number of hydrogen-bond acceptors (Lipinski definition) is 3.